The Labute approximate surface area is 183 Å². The number of rotatable bonds is 8. The van der Waals surface area contributed by atoms with Crippen LogP contribution in [0.3, 0.4) is 0 Å². The Morgan fingerprint density at radius 3 is 2.33 bits per heavy atom. The fourth-order valence-corrected chi connectivity index (χ4v) is 3.06. The molecule has 30 heavy (non-hydrogen) atoms. The molecule has 0 saturated carbocycles. The molecule has 0 aliphatic carbocycles. The molecule has 0 fully saturated rings. The van der Waals surface area contributed by atoms with Gasteiger partial charge in [-0.05, 0) is 43.3 Å². The molecule has 0 aliphatic rings. The first-order valence-electron chi connectivity index (χ1n) is 9.11. The minimum Gasteiger partial charge on any atom is -0.324 e. The number of halogens is 3. The molecule has 2 aromatic carbocycles. The van der Waals surface area contributed by atoms with E-state index in [0.717, 1.165) is 0 Å². The van der Waals surface area contributed by atoms with Crippen molar-refractivity contribution in [3.05, 3.63) is 58.3 Å². The SMILES string of the molecule is CCCN(CC(=O)NC(=O)Nc1ccccc1F)CC(=O)Nc1ccc(Cl)cc1Cl. The summed E-state index contributed by atoms with van der Waals surface area (Å²) in [6, 6.07) is 9.40. The highest BCUT2D eigenvalue weighted by atomic mass is 35.5. The Bertz CT molecular complexity index is 927. The predicted molar refractivity (Wildman–Crippen MR) is 115 cm³/mol. The third-order valence-corrected chi connectivity index (χ3v) is 4.40. The number of carbonyl (C=O) groups excluding carboxylic acids is 3. The van der Waals surface area contributed by atoms with Gasteiger partial charge in [-0.25, -0.2) is 9.18 Å². The van der Waals surface area contributed by atoms with Crippen LogP contribution in [0.5, 0.6) is 0 Å². The normalized spacial score (nSPS) is 10.6. The van der Waals surface area contributed by atoms with E-state index in [-0.39, 0.29) is 24.7 Å². The molecular formula is C20H21Cl2FN4O3. The summed E-state index contributed by atoms with van der Waals surface area (Å²) >= 11 is 11.9. The van der Waals surface area contributed by atoms with E-state index in [0.29, 0.717) is 28.7 Å². The second-order valence-electron chi connectivity index (χ2n) is 6.37. The second kappa shape index (κ2) is 11.5. The molecule has 7 nitrogen and oxygen atoms in total. The molecule has 160 valence electrons. The lowest BCUT2D eigenvalue weighted by molar-refractivity contribution is -0.122. The highest BCUT2D eigenvalue weighted by molar-refractivity contribution is 6.36. The fraction of sp³-hybridized carbons (Fsp3) is 0.250. The van der Waals surface area contributed by atoms with Crippen molar-refractivity contribution in [1.29, 1.82) is 0 Å². The molecule has 0 heterocycles. The largest absolute Gasteiger partial charge is 0.326 e. The van der Waals surface area contributed by atoms with Crippen molar-refractivity contribution >= 4 is 52.4 Å². The van der Waals surface area contributed by atoms with Crippen molar-refractivity contribution in [1.82, 2.24) is 10.2 Å². The summed E-state index contributed by atoms with van der Waals surface area (Å²) in [7, 11) is 0. The first-order chi connectivity index (χ1) is 14.3. The third kappa shape index (κ3) is 7.62. The molecule has 4 amide bonds. The Kier molecular flexibility index (Phi) is 9.04. The number of urea groups is 1. The van der Waals surface area contributed by atoms with Crippen molar-refractivity contribution in [2.75, 3.05) is 30.3 Å². The van der Waals surface area contributed by atoms with Crippen LogP contribution in [0, 0.1) is 5.82 Å². The van der Waals surface area contributed by atoms with Gasteiger partial charge in [-0.3, -0.25) is 19.8 Å². The summed E-state index contributed by atoms with van der Waals surface area (Å²) in [6.07, 6.45) is 0.684. The van der Waals surface area contributed by atoms with E-state index >= 15 is 0 Å². The molecule has 0 radical (unpaired) electrons. The minimum atomic E-state index is -0.862. The zero-order valence-electron chi connectivity index (χ0n) is 16.2. The fourth-order valence-electron chi connectivity index (χ4n) is 2.60. The van der Waals surface area contributed by atoms with Crippen LogP contribution in [-0.2, 0) is 9.59 Å². The van der Waals surface area contributed by atoms with Crippen molar-refractivity contribution in [2.24, 2.45) is 0 Å². The van der Waals surface area contributed by atoms with Crippen LogP contribution in [0.1, 0.15) is 13.3 Å². The summed E-state index contributed by atoms with van der Waals surface area (Å²) in [6.45, 7) is 2.06. The summed E-state index contributed by atoms with van der Waals surface area (Å²) in [5.41, 5.74) is 0.351. The van der Waals surface area contributed by atoms with Crippen LogP contribution in [0.4, 0.5) is 20.6 Å². The maximum atomic E-state index is 13.6. The maximum absolute atomic E-state index is 13.6. The zero-order valence-corrected chi connectivity index (χ0v) is 17.7. The second-order valence-corrected chi connectivity index (χ2v) is 7.21. The van der Waals surface area contributed by atoms with Gasteiger partial charge in [0.15, 0.2) is 0 Å². The average molecular weight is 455 g/mol. The van der Waals surface area contributed by atoms with Gasteiger partial charge in [-0.15, -0.1) is 0 Å². The number of para-hydroxylation sites is 1. The molecule has 2 aromatic rings. The number of imide groups is 1. The molecule has 0 unspecified atom stereocenters. The molecule has 0 atom stereocenters. The number of benzene rings is 2. The van der Waals surface area contributed by atoms with Gasteiger partial charge < -0.3 is 10.6 Å². The molecule has 0 spiro atoms. The van der Waals surface area contributed by atoms with Crippen LogP contribution < -0.4 is 16.0 Å². The predicted octanol–water partition coefficient (Wildman–Crippen LogP) is 4.13. The number of carbonyl (C=O) groups is 3. The van der Waals surface area contributed by atoms with Crippen LogP contribution in [-0.4, -0.2) is 42.4 Å². The summed E-state index contributed by atoms with van der Waals surface area (Å²) in [5.74, 6) is -1.63. The average Bonchev–Trinajstić information content (AvgIpc) is 2.66. The van der Waals surface area contributed by atoms with Gasteiger partial charge in [0.05, 0.1) is 29.5 Å². The van der Waals surface area contributed by atoms with Gasteiger partial charge in [0, 0.05) is 5.02 Å². The Hall–Kier alpha value is -2.68. The van der Waals surface area contributed by atoms with E-state index in [9.17, 15) is 18.8 Å². The van der Waals surface area contributed by atoms with Gasteiger partial charge in [0.25, 0.3) is 0 Å². The quantitative estimate of drug-likeness (QED) is 0.559. The number of nitrogens with one attached hydrogen (secondary N) is 3. The van der Waals surface area contributed by atoms with Crippen molar-refractivity contribution < 1.29 is 18.8 Å². The molecule has 3 N–H and O–H groups in total. The van der Waals surface area contributed by atoms with E-state index in [1.807, 2.05) is 6.92 Å². The highest BCUT2D eigenvalue weighted by Gasteiger charge is 2.17. The number of nitrogens with zero attached hydrogens (tertiary/aromatic N) is 1. The summed E-state index contributed by atoms with van der Waals surface area (Å²) in [5, 5.41) is 7.77. The van der Waals surface area contributed by atoms with E-state index in [1.165, 1.54) is 24.3 Å². The van der Waals surface area contributed by atoms with Gasteiger partial charge in [0.1, 0.15) is 5.82 Å². The van der Waals surface area contributed by atoms with Crippen LogP contribution in [0.2, 0.25) is 10.0 Å². The maximum Gasteiger partial charge on any atom is 0.326 e. The lowest BCUT2D eigenvalue weighted by Crippen LogP contribution is -2.44. The third-order valence-electron chi connectivity index (χ3n) is 3.85. The Balaban J connectivity index is 1.89. The van der Waals surface area contributed by atoms with Gasteiger partial charge >= 0.3 is 6.03 Å². The number of hydrogen-bond acceptors (Lipinski definition) is 4. The van der Waals surface area contributed by atoms with Gasteiger partial charge in [0.2, 0.25) is 11.8 Å². The van der Waals surface area contributed by atoms with E-state index < -0.39 is 17.8 Å². The topological polar surface area (TPSA) is 90.5 Å². The molecular weight excluding hydrogens is 434 g/mol. The molecule has 0 aromatic heterocycles. The molecule has 10 heteroatoms. The van der Waals surface area contributed by atoms with Gasteiger partial charge in [-0.2, -0.15) is 0 Å². The van der Waals surface area contributed by atoms with E-state index in [1.54, 1.807) is 23.1 Å². The Morgan fingerprint density at radius 1 is 0.967 bits per heavy atom. The summed E-state index contributed by atoms with van der Waals surface area (Å²) in [4.78, 5) is 38.0. The van der Waals surface area contributed by atoms with Gasteiger partial charge in [-0.1, -0.05) is 42.3 Å². The molecule has 2 rings (SSSR count). The van der Waals surface area contributed by atoms with Crippen molar-refractivity contribution in [3.63, 3.8) is 0 Å². The first kappa shape index (κ1) is 23.6. The molecule has 0 saturated heterocycles. The van der Waals surface area contributed by atoms with E-state index in [4.69, 9.17) is 23.2 Å². The lowest BCUT2D eigenvalue weighted by Gasteiger charge is -2.20. The summed E-state index contributed by atoms with van der Waals surface area (Å²) < 4.78 is 13.6. The number of amides is 4. The van der Waals surface area contributed by atoms with E-state index in [2.05, 4.69) is 16.0 Å². The smallest absolute Gasteiger partial charge is 0.324 e. The minimum absolute atomic E-state index is 0.0487. The highest BCUT2D eigenvalue weighted by Crippen LogP contribution is 2.25. The van der Waals surface area contributed by atoms with Crippen molar-refractivity contribution in [2.45, 2.75) is 13.3 Å². The first-order valence-corrected chi connectivity index (χ1v) is 9.86. The molecule has 0 bridgehead atoms. The lowest BCUT2D eigenvalue weighted by atomic mass is 10.3. The van der Waals surface area contributed by atoms with Crippen LogP contribution >= 0.6 is 23.2 Å². The Morgan fingerprint density at radius 2 is 1.67 bits per heavy atom. The molecule has 0 aliphatic heterocycles. The van der Waals surface area contributed by atoms with Crippen LogP contribution in [0.15, 0.2) is 42.5 Å². The standard InChI is InChI=1S/C20H21Cl2FN4O3/c1-2-9-27(11-18(28)24-16-8-7-13(21)10-14(16)22)12-19(29)26-20(30)25-17-6-4-3-5-15(17)23/h3-8,10H,2,9,11-12H2,1H3,(H,24,28)(H2,25,26,29,30). The number of anilines is 2. The number of hydrogen-bond donors (Lipinski definition) is 3. The van der Waals surface area contributed by atoms with Crippen molar-refractivity contribution in [3.8, 4) is 0 Å². The monoisotopic (exact) mass is 454 g/mol. The zero-order chi connectivity index (χ0) is 22.1. The van der Waals surface area contributed by atoms with Crippen LogP contribution in [0.25, 0.3) is 0 Å².